The molecule has 0 amide bonds. The topological polar surface area (TPSA) is 77.1 Å². The van der Waals surface area contributed by atoms with Crippen molar-refractivity contribution in [2.75, 3.05) is 14.2 Å². The van der Waals surface area contributed by atoms with Gasteiger partial charge >= 0.3 is 0 Å². The lowest BCUT2D eigenvalue weighted by molar-refractivity contribution is 0.407. The fraction of sp³-hybridized carbons (Fsp3) is 0.294. The molecule has 0 aliphatic carbocycles. The molecule has 3 aromatic rings. The van der Waals surface area contributed by atoms with Gasteiger partial charge in [-0.05, 0) is 26.0 Å². The smallest absolute Gasteiger partial charge is 0.197 e. The predicted octanol–water partition coefficient (Wildman–Crippen LogP) is 2.90. The summed E-state index contributed by atoms with van der Waals surface area (Å²) in [7, 11) is -1.45. The van der Waals surface area contributed by atoms with E-state index in [2.05, 4.69) is 15.0 Å². The van der Waals surface area contributed by atoms with Crippen molar-refractivity contribution in [1.29, 1.82) is 0 Å². The van der Waals surface area contributed by atoms with Crippen LogP contribution in [0.4, 0.5) is 0 Å². The molecule has 3 rings (SSSR count). The Bertz CT molecular complexity index is 1020. The van der Waals surface area contributed by atoms with Crippen molar-refractivity contribution in [3.05, 3.63) is 41.2 Å². The summed E-state index contributed by atoms with van der Waals surface area (Å²) >= 11 is 0. The zero-order valence-corrected chi connectivity index (χ0v) is 14.4. The highest BCUT2D eigenvalue weighted by atomic mass is 32.2. The van der Waals surface area contributed by atoms with Gasteiger partial charge < -0.3 is 14.5 Å². The standard InChI is InChI=1S/C17H19N3O3S/c1-10-8-18-15(11(2)16(10)23-4)9-24(21)17-19-13-6-5-12(22-3)7-14(13)20-17/h5-8H,9H2,1-4H3,(H,19,20)/i3D2,7D. The third-order valence-corrected chi connectivity index (χ3v) is 4.87. The number of pyridine rings is 1. The van der Waals surface area contributed by atoms with Gasteiger partial charge in [-0.15, -0.1) is 0 Å². The molecular weight excluding hydrogens is 326 g/mol. The minimum atomic E-state index is -1.53. The number of ether oxygens (including phenoxy) is 2. The molecule has 0 saturated carbocycles. The van der Waals surface area contributed by atoms with Crippen LogP contribution in [0.2, 0.25) is 0 Å². The van der Waals surface area contributed by atoms with Crippen molar-refractivity contribution in [1.82, 2.24) is 15.0 Å². The van der Waals surface area contributed by atoms with Crippen LogP contribution in [0.25, 0.3) is 11.0 Å². The Labute approximate surface area is 146 Å². The fourth-order valence-corrected chi connectivity index (χ4v) is 3.58. The lowest BCUT2D eigenvalue weighted by atomic mass is 10.1. The number of imidazole rings is 1. The Hall–Kier alpha value is -2.41. The summed E-state index contributed by atoms with van der Waals surface area (Å²) in [6, 6.07) is 3.05. The predicted molar refractivity (Wildman–Crippen MR) is 93.0 cm³/mol. The number of rotatable bonds is 5. The Morgan fingerprint density at radius 1 is 1.38 bits per heavy atom. The number of aryl methyl sites for hydroxylation is 1. The fourth-order valence-electron chi connectivity index (χ4n) is 2.49. The van der Waals surface area contributed by atoms with Crippen LogP contribution in [-0.4, -0.2) is 33.3 Å². The molecule has 2 aromatic heterocycles. The lowest BCUT2D eigenvalue weighted by Gasteiger charge is -2.11. The molecule has 24 heavy (non-hydrogen) atoms. The highest BCUT2D eigenvalue weighted by molar-refractivity contribution is 7.84. The Morgan fingerprint density at radius 3 is 2.96 bits per heavy atom. The Morgan fingerprint density at radius 2 is 2.21 bits per heavy atom. The van der Waals surface area contributed by atoms with Crippen LogP contribution in [0.3, 0.4) is 0 Å². The summed E-state index contributed by atoms with van der Waals surface area (Å²) in [5, 5.41) is 0.227. The van der Waals surface area contributed by atoms with Gasteiger partial charge in [0.1, 0.15) is 11.5 Å². The second kappa shape index (κ2) is 6.60. The molecule has 0 bridgehead atoms. The summed E-state index contributed by atoms with van der Waals surface area (Å²) in [6.45, 7) is 3.76. The van der Waals surface area contributed by atoms with Gasteiger partial charge in [-0.3, -0.25) is 9.19 Å². The number of hydrogen-bond acceptors (Lipinski definition) is 5. The van der Waals surface area contributed by atoms with Crippen LogP contribution in [0.1, 0.15) is 20.9 Å². The number of fused-ring (bicyclic) bond motifs is 1. The largest absolute Gasteiger partial charge is 0.497 e. The molecule has 1 atom stereocenters. The van der Waals surface area contributed by atoms with Crippen LogP contribution >= 0.6 is 0 Å². The molecule has 0 spiro atoms. The van der Waals surface area contributed by atoms with Crippen LogP contribution in [-0.2, 0) is 16.6 Å². The molecule has 0 fully saturated rings. The lowest BCUT2D eigenvalue weighted by Crippen LogP contribution is -2.05. The van der Waals surface area contributed by atoms with E-state index in [1.807, 2.05) is 13.8 Å². The van der Waals surface area contributed by atoms with E-state index in [1.165, 1.54) is 6.07 Å². The van der Waals surface area contributed by atoms with Crippen LogP contribution in [0, 0.1) is 13.8 Å². The number of H-pyrrole nitrogens is 1. The van der Waals surface area contributed by atoms with Crippen molar-refractivity contribution in [3.8, 4) is 11.5 Å². The maximum Gasteiger partial charge on any atom is 0.197 e. The third kappa shape index (κ3) is 2.99. The molecule has 1 aromatic carbocycles. The Balaban J connectivity index is 1.92. The SMILES string of the molecule is [2H]c1c(OC([2H])[2H])ccc2nc(S(=O)Cc3ncc(C)c(OC)c3C)[nH]c12. The number of benzene rings is 1. The van der Waals surface area contributed by atoms with Crippen molar-refractivity contribution in [2.45, 2.75) is 24.8 Å². The summed E-state index contributed by atoms with van der Waals surface area (Å²) < 4.78 is 45.6. The molecule has 7 heteroatoms. The average Bonchev–Trinajstić information content (AvgIpc) is 3.05. The van der Waals surface area contributed by atoms with Gasteiger partial charge in [0.2, 0.25) is 0 Å². The van der Waals surface area contributed by atoms with E-state index < -0.39 is 17.9 Å². The number of nitrogens with zero attached hydrogens (tertiary/aromatic N) is 2. The van der Waals surface area contributed by atoms with Crippen molar-refractivity contribution < 1.29 is 17.8 Å². The van der Waals surface area contributed by atoms with Gasteiger partial charge in [-0.1, -0.05) is 0 Å². The summed E-state index contributed by atoms with van der Waals surface area (Å²) in [5.74, 6) is 0.969. The summed E-state index contributed by atoms with van der Waals surface area (Å²) in [4.78, 5) is 11.5. The summed E-state index contributed by atoms with van der Waals surface area (Å²) in [6.07, 6.45) is 1.68. The second-order valence-electron chi connectivity index (χ2n) is 5.28. The molecule has 0 aliphatic heterocycles. The average molecular weight is 348 g/mol. The maximum absolute atomic E-state index is 12.8. The van der Waals surface area contributed by atoms with Gasteiger partial charge in [-0.2, -0.15) is 0 Å². The van der Waals surface area contributed by atoms with E-state index in [4.69, 9.17) is 13.6 Å². The van der Waals surface area contributed by atoms with Crippen LogP contribution in [0.5, 0.6) is 11.5 Å². The number of methoxy groups -OCH3 is 2. The summed E-state index contributed by atoms with van der Waals surface area (Å²) in [5.41, 5.74) is 3.20. The minimum absolute atomic E-state index is 0.0286. The van der Waals surface area contributed by atoms with E-state index in [1.54, 1.807) is 19.4 Å². The van der Waals surface area contributed by atoms with Crippen molar-refractivity contribution in [3.63, 3.8) is 0 Å². The van der Waals surface area contributed by atoms with Gasteiger partial charge in [0.15, 0.2) is 5.16 Å². The first-order valence-corrected chi connectivity index (χ1v) is 8.51. The van der Waals surface area contributed by atoms with E-state index >= 15 is 0 Å². The monoisotopic (exact) mass is 348 g/mol. The van der Waals surface area contributed by atoms with Crippen LogP contribution in [0.15, 0.2) is 29.5 Å². The van der Waals surface area contributed by atoms with Crippen molar-refractivity contribution in [2.24, 2.45) is 0 Å². The number of hydrogen-bond donors (Lipinski definition) is 1. The van der Waals surface area contributed by atoms with Gasteiger partial charge in [0, 0.05) is 23.4 Å². The molecule has 0 saturated heterocycles. The molecule has 1 N–H and O–H groups in total. The van der Waals surface area contributed by atoms with Gasteiger partial charge in [-0.25, -0.2) is 4.98 Å². The van der Waals surface area contributed by atoms with E-state index in [0.29, 0.717) is 16.7 Å². The Kier molecular flexibility index (Phi) is 3.56. The molecule has 0 radical (unpaired) electrons. The number of aromatic amines is 1. The minimum Gasteiger partial charge on any atom is -0.497 e. The van der Waals surface area contributed by atoms with Gasteiger partial charge in [0.05, 0.1) is 51.6 Å². The molecule has 2 heterocycles. The second-order valence-corrected chi connectivity index (χ2v) is 6.65. The first-order valence-electron chi connectivity index (χ1n) is 8.85. The molecule has 126 valence electrons. The molecule has 0 aliphatic rings. The van der Waals surface area contributed by atoms with E-state index in [9.17, 15) is 4.21 Å². The first kappa shape index (κ1) is 12.9. The van der Waals surface area contributed by atoms with Crippen LogP contribution < -0.4 is 9.47 Å². The number of aromatic nitrogens is 3. The highest BCUT2D eigenvalue weighted by Crippen LogP contribution is 2.26. The molecule has 6 nitrogen and oxygen atoms in total. The highest BCUT2D eigenvalue weighted by Gasteiger charge is 2.16. The third-order valence-electron chi connectivity index (χ3n) is 3.71. The maximum atomic E-state index is 12.8. The zero-order valence-electron chi connectivity index (χ0n) is 16.5. The van der Waals surface area contributed by atoms with Crippen molar-refractivity contribution >= 4 is 21.8 Å². The van der Waals surface area contributed by atoms with E-state index in [0.717, 1.165) is 16.9 Å². The first-order chi connectivity index (χ1) is 12.8. The number of nitrogens with one attached hydrogen (secondary N) is 1. The van der Waals surface area contributed by atoms with Gasteiger partial charge in [0.25, 0.3) is 0 Å². The molecule has 1 unspecified atom stereocenters. The quantitative estimate of drug-likeness (QED) is 0.767. The molecular formula is C17H19N3O3S. The normalized spacial score (nSPS) is 14.2. The van der Waals surface area contributed by atoms with E-state index in [-0.39, 0.29) is 22.7 Å². The zero-order chi connectivity index (χ0) is 19.7.